The number of aromatic nitrogens is 1. The average molecular weight is 369 g/mol. The summed E-state index contributed by atoms with van der Waals surface area (Å²) in [5, 5.41) is 5.55. The van der Waals surface area contributed by atoms with Gasteiger partial charge in [0.25, 0.3) is 5.91 Å². The van der Waals surface area contributed by atoms with Gasteiger partial charge in [0.1, 0.15) is 23.2 Å². The maximum atomic E-state index is 13.3. The molecule has 3 rings (SSSR count). The second kappa shape index (κ2) is 8.27. The molecule has 0 aliphatic carbocycles. The number of halogens is 2. The van der Waals surface area contributed by atoms with E-state index in [-0.39, 0.29) is 22.9 Å². The second-order valence-electron chi connectivity index (χ2n) is 5.70. The number of nitrogens with one attached hydrogen (secondary N) is 2. The molecule has 2 aromatic carbocycles. The van der Waals surface area contributed by atoms with Crippen molar-refractivity contribution in [3.8, 4) is 5.75 Å². The second-order valence-corrected chi connectivity index (χ2v) is 5.70. The summed E-state index contributed by atoms with van der Waals surface area (Å²) in [5.41, 5.74) is 1.19. The average Bonchev–Trinajstić information content (AvgIpc) is 2.66. The maximum absolute atomic E-state index is 13.3. The SMILES string of the molecule is COc1ccc(Nc2cc(F)cc(F)c2)nc1C(=O)NCc1ccccc1. The highest BCUT2D eigenvalue weighted by Crippen LogP contribution is 2.22. The van der Waals surface area contributed by atoms with Gasteiger partial charge in [-0.3, -0.25) is 4.79 Å². The lowest BCUT2D eigenvalue weighted by Gasteiger charge is -2.12. The molecule has 0 saturated heterocycles. The molecule has 0 bridgehead atoms. The van der Waals surface area contributed by atoms with Gasteiger partial charge in [-0.2, -0.15) is 0 Å². The summed E-state index contributed by atoms with van der Waals surface area (Å²) in [6.07, 6.45) is 0. The van der Waals surface area contributed by atoms with Gasteiger partial charge in [-0.1, -0.05) is 30.3 Å². The van der Waals surface area contributed by atoms with E-state index in [0.29, 0.717) is 6.54 Å². The Balaban J connectivity index is 1.79. The van der Waals surface area contributed by atoms with E-state index in [9.17, 15) is 13.6 Å². The molecule has 3 aromatic rings. The van der Waals surface area contributed by atoms with E-state index in [2.05, 4.69) is 15.6 Å². The van der Waals surface area contributed by atoms with Crippen molar-refractivity contribution in [2.75, 3.05) is 12.4 Å². The molecule has 0 radical (unpaired) electrons. The van der Waals surface area contributed by atoms with Gasteiger partial charge in [0, 0.05) is 18.3 Å². The van der Waals surface area contributed by atoms with Gasteiger partial charge in [-0.25, -0.2) is 13.8 Å². The Morgan fingerprint density at radius 1 is 1.04 bits per heavy atom. The first-order valence-electron chi connectivity index (χ1n) is 8.15. The fourth-order valence-corrected chi connectivity index (χ4v) is 2.48. The van der Waals surface area contributed by atoms with Gasteiger partial charge in [0.15, 0.2) is 5.69 Å². The highest BCUT2D eigenvalue weighted by molar-refractivity contribution is 5.95. The number of anilines is 2. The van der Waals surface area contributed by atoms with Gasteiger partial charge in [0.2, 0.25) is 0 Å². The minimum absolute atomic E-state index is 0.0651. The largest absolute Gasteiger partial charge is 0.494 e. The van der Waals surface area contributed by atoms with Crippen LogP contribution in [0.4, 0.5) is 20.3 Å². The molecule has 0 fully saturated rings. The molecule has 5 nitrogen and oxygen atoms in total. The number of pyridine rings is 1. The molecule has 7 heteroatoms. The van der Waals surface area contributed by atoms with E-state index in [0.717, 1.165) is 23.8 Å². The smallest absolute Gasteiger partial charge is 0.274 e. The van der Waals surface area contributed by atoms with Crippen LogP contribution in [0.25, 0.3) is 0 Å². The molecule has 0 unspecified atom stereocenters. The molecule has 0 aliphatic heterocycles. The summed E-state index contributed by atoms with van der Waals surface area (Å²) >= 11 is 0. The predicted octanol–water partition coefficient (Wildman–Crippen LogP) is 4.04. The van der Waals surface area contributed by atoms with E-state index < -0.39 is 17.5 Å². The molecule has 0 spiro atoms. The molecular weight excluding hydrogens is 352 g/mol. The third kappa shape index (κ3) is 4.78. The number of carbonyl (C=O) groups is 1. The van der Waals surface area contributed by atoms with Gasteiger partial charge in [-0.05, 0) is 29.8 Å². The van der Waals surface area contributed by atoms with Crippen molar-refractivity contribution in [1.29, 1.82) is 0 Å². The quantitative estimate of drug-likeness (QED) is 0.688. The standard InChI is InChI=1S/C20H17F2N3O2/c1-27-17-7-8-18(24-16-10-14(21)9-15(22)11-16)25-19(17)20(26)23-12-13-5-3-2-4-6-13/h2-11H,12H2,1H3,(H,23,26)(H,24,25). The first-order chi connectivity index (χ1) is 13.0. The topological polar surface area (TPSA) is 63.2 Å². The van der Waals surface area contributed by atoms with Crippen molar-refractivity contribution in [3.63, 3.8) is 0 Å². The first kappa shape index (κ1) is 18.3. The molecule has 0 atom stereocenters. The Labute approximate surface area is 155 Å². The van der Waals surface area contributed by atoms with Crippen LogP contribution in [0.1, 0.15) is 16.1 Å². The van der Waals surface area contributed by atoms with E-state index in [1.807, 2.05) is 30.3 Å². The van der Waals surface area contributed by atoms with Crippen LogP contribution in [0, 0.1) is 11.6 Å². The Morgan fingerprint density at radius 3 is 2.41 bits per heavy atom. The lowest BCUT2D eigenvalue weighted by molar-refractivity contribution is 0.0942. The summed E-state index contributed by atoms with van der Waals surface area (Å²) < 4.78 is 31.9. The summed E-state index contributed by atoms with van der Waals surface area (Å²) in [6, 6.07) is 15.6. The number of carbonyl (C=O) groups excluding carboxylic acids is 1. The Morgan fingerprint density at radius 2 is 1.74 bits per heavy atom. The third-order valence-corrected chi connectivity index (χ3v) is 3.72. The van der Waals surface area contributed by atoms with E-state index >= 15 is 0 Å². The van der Waals surface area contributed by atoms with Crippen molar-refractivity contribution < 1.29 is 18.3 Å². The molecule has 1 heterocycles. The third-order valence-electron chi connectivity index (χ3n) is 3.72. The molecule has 1 aromatic heterocycles. The maximum Gasteiger partial charge on any atom is 0.274 e. The summed E-state index contributed by atoms with van der Waals surface area (Å²) in [6.45, 7) is 0.331. The van der Waals surface area contributed by atoms with Crippen molar-refractivity contribution >= 4 is 17.4 Å². The van der Waals surface area contributed by atoms with Crippen LogP contribution < -0.4 is 15.4 Å². The van der Waals surface area contributed by atoms with Crippen LogP contribution in [-0.4, -0.2) is 18.0 Å². The van der Waals surface area contributed by atoms with Gasteiger partial charge < -0.3 is 15.4 Å². The number of ether oxygens (including phenoxy) is 1. The summed E-state index contributed by atoms with van der Waals surface area (Å²) in [4.78, 5) is 16.7. The summed E-state index contributed by atoms with van der Waals surface area (Å²) in [7, 11) is 1.43. The molecule has 0 aliphatic rings. The monoisotopic (exact) mass is 369 g/mol. The molecule has 0 saturated carbocycles. The predicted molar refractivity (Wildman–Crippen MR) is 98.0 cm³/mol. The highest BCUT2D eigenvalue weighted by Gasteiger charge is 2.15. The van der Waals surface area contributed by atoms with Gasteiger partial charge >= 0.3 is 0 Å². The zero-order chi connectivity index (χ0) is 19.2. The van der Waals surface area contributed by atoms with Gasteiger partial charge in [0.05, 0.1) is 7.11 Å². The number of methoxy groups -OCH3 is 1. The Bertz CT molecular complexity index is 929. The van der Waals surface area contributed by atoms with Crippen LogP contribution in [0.2, 0.25) is 0 Å². The minimum Gasteiger partial charge on any atom is -0.494 e. The lowest BCUT2D eigenvalue weighted by Crippen LogP contribution is -2.24. The fraction of sp³-hybridized carbons (Fsp3) is 0.100. The summed E-state index contributed by atoms with van der Waals surface area (Å²) in [5.74, 6) is -1.31. The highest BCUT2D eigenvalue weighted by atomic mass is 19.1. The van der Waals surface area contributed by atoms with E-state index in [4.69, 9.17) is 4.74 Å². The molecule has 2 N–H and O–H groups in total. The number of amides is 1. The van der Waals surface area contributed by atoms with Crippen LogP contribution >= 0.6 is 0 Å². The van der Waals surface area contributed by atoms with Crippen molar-refractivity contribution in [1.82, 2.24) is 10.3 Å². The van der Waals surface area contributed by atoms with Crippen LogP contribution in [0.15, 0.2) is 60.7 Å². The van der Waals surface area contributed by atoms with Gasteiger partial charge in [-0.15, -0.1) is 0 Å². The minimum atomic E-state index is -0.716. The number of hydrogen-bond acceptors (Lipinski definition) is 4. The Hall–Kier alpha value is -3.48. The molecule has 27 heavy (non-hydrogen) atoms. The number of nitrogens with zero attached hydrogens (tertiary/aromatic N) is 1. The van der Waals surface area contributed by atoms with E-state index in [1.165, 1.54) is 7.11 Å². The zero-order valence-corrected chi connectivity index (χ0v) is 14.5. The van der Waals surface area contributed by atoms with Crippen molar-refractivity contribution in [3.05, 3.63) is 83.6 Å². The van der Waals surface area contributed by atoms with Crippen LogP contribution in [0.5, 0.6) is 5.75 Å². The normalized spacial score (nSPS) is 10.3. The Kier molecular flexibility index (Phi) is 5.61. The number of rotatable bonds is 6. The molecule has 1 amide bonds. The molecule has 138 valence electrons. The van der Waals surface area contributed by atoms with Crippen LogP contribution in [0.3, 0.4) is 0 Å². The van der Waals surface area contributed by atoms with Crippen molar-refractivity contribution in [2.24, 2.45) is 0 Å². The first-order valence-corrected chi connectivity index (χ1v) is 8.15. The van der Waals surface area contributed by atoms with Crippen molar-refractivity contribution in [2.45, 2.75) is 6.54 Å². The number of benzene rings is 2. The fourth-order valence-electron chi connectivity index (χ4n) is 2.48. The lowest BCUT2D eigenvalue weighted by atomic mass is 10.2. The van der Waals surface area contributed by atoms with E-state index in [1.54, 1.807) is 12.1 Å². The zero-order valence-electron chi connectivity index (χ0n) is 14.5. The number of hydrogen-bond donors (Lipinski definition) is 2. The molecular formula is C20H17F2N3O2. The van der Waals surface area contributed by atoms with Crippen LogP contribution in [-0.2, 0) is 6.54 Å².